The first-order valence-corrected chi connectivity index (χ1v) is 11.0. The Balaban J connectivity index is 1.99. The van der Waals surface area contributed by atoms with Crippen molar-refractivity contribution in [1.82, 2.24) is 5.32 Å². The van der Waals surface area contributed by atoms with Gasteiger partial charge in [-0.15, -0.1) is 0 Å². The molecule has 2 aromatic rings. The molecule has 0 bridgehead atoms. The van der Waals surface area contributed by atoms with Gasteiger partial charge in [-0.3, -0.25) is 9.69 Å². The number of benzene rings is 2. The predicted octanol–water partition coefficient (Wildman–Crippen LogP) is 5.88. The van der Waals surface area contributed by atoms with Gasteiger partial charge in [-0.2, -0.15) is 0 Å². The van der Waals surface area contributed by atoms with Crippen LogP contribution in [-0.2, 0) is 11.2 Å². The number of hydrogen-bond donors (Lipinski definition) is 2. The van der Waals surface area contributed by atoms with Gasteiger partial charge in [0.1, 0.15) is 0 Å². The van der Waals surface area contributed by atoms with Crippen LogP contribution >= 0.6 is 0 Å². The van der Waals surface area contributed by atoms with E-state index in [1.807, 2.05) is 55.5 Å². The van der Waals surface area contributed by atoms with Crippen LogP contribution in [0.4, 0.5) is 10.5 Å². The number of urea groups is 1. The Morgan fingerprint density at radius 2 is 1.67 bits per heavy atom. The van der Waals surface area contributed by atoms with Crippen LogP contribution < -0.4 is 10.2 Å². The standard InChI is InChI=1S/C25H34N2O3/c1-3-5-6-7-8-18-26-25(30)27(4-2)23-11-9-10-22(19-23)21-15-12-20(13-16-21)14-17-24(28)29/h9-13,15-16,19H,3-8,14,17-18H2,1-2H3,(H,26,30)(H,28,29). The Morgan fingerprint density at radius 3 is 2.33 bits per heavy atom. The predicted molar refractivity (Wildman–Crippen MR) is 123 cm³/mol. The molecule has 0 aromatic heterocycles. The number of rotatable bonds is 12. The molecule has 5 nitrogen and oxygen atoms in total. The fourth-order valence-electron chi connectivity index (χ4n) is 3.43. The first-order chi connectivity index (χ1) is 14.5. The number of amides is 2. The van der Waals surface area contributed by atoms with Gasteiger partial charge in [0.15, 0.2) is 0 Å². The molecule has 0 heterocycles. The summed E-state index contributed by atoms with van der Waals surface area (Å²) in [5.41, 5.74) is 3.95. The smallest absolute Gasteiger partial charge is 0.321 e. The lowest BCUT2D eigenvalue weighted by molar-refractivity contribution is -0.136. The number of carbonyl (C=O) groups is 2. The van der Waals surface area contributed by atoms with Crippen LogP contribution in [-0.4, -0.2) is 30.2 Å². The minimum absolute atomic E-state index is 0.0610. The molecule has 0 saturated heterocycles. The highest BCUT2D eigenvalue weighted by Crippen LogP contribution is 2.25. The van der Waals surface area contributed by atoms with E-state index in [2.05, 4.69) is 12.2 Å². The molecule has 0 fully saturated rings. The van der Waals surface area contributed by atoms with Crippen molar-refractivity contribution in [1.29, 1.82) is 0 Å². The van der Waals surface area contributed by atoms with Gasteiger partial charge < -0.3 is 10.4 Å². The third-order valence-corrected chi connectivity index (χ3v) is 5.19. The van der Waals surface area contributed by atoms with E-state index in [1.165, 1.54) is 19.3 Å². The summed E-state index contributed by atoms with van der Waals surface area (Å²) < 4.78 is 0. The van der Waals surface area contributed by atoms with Crippen LogP contribution in [0, 0.1) is 0 Å². The summed E-state index contributed by atoms with van der Waals surface area (Å²) >= 11 is 0. The van der Waals surface area contributed by atoms with Crippen LogP contribution in [0.25, 0.3) is 11.1 Å². The fourth-order valence-corrected chi connectivity index (χ4v) is 3.43. The zero-order valence-electron chi connectivity index (χ0n) is 18.2. The van der Waals surface area contributed by atoms with E-state index in [-0.39, 0.29) is 12.5 Å². The van der Waals surface area contributed by atoms with Crippen molar-refractivity contribution in [3.05, 3.63) is 54.1 Å². The number of aryl methyl sites for hydroxylation is 1. The average molecular weight is 411 g/mol. The first kappa shape index (κ1) is 23.5. The molecule has 2 amide bonds. The molecule has 2 N–H and O–H groups in total. The van der Waals surface area contributed by atoms with Crippen molar-refractivity contribution < 1.29 is 14.7 Å². The Bertz CT molecular complexity index is 802. The fraction of sp³-hybridized carbons (Fsp3) is 0.440. The van der Waals surface area contributed by atoms with E-state index in [1.54, 1.807) is 4.90 Å². The van der Waals surface area contributed by atoms with E-state index in [9.17, 15) is 9.59 Å². The van der Waals surface area contributed by atoms with E-state index in [0.29, 0.717) is 19.5 Å². The van der Waals surface area contributed by atoms with Gasteiger partial charge in [0.05, 0.1) is 0 Å². The molecule has 2 rings (SSSR count). The Labute approximate surface area is 180 Å². The third-order valence-electron chi connectivity index (χ3n) is 5.19. The Hall–Kier alpha value is -2.82. The number of unbranched alkanes of at least 4 members (excludes halogenated alkanes) is 4. The number of carboxylic acid groups (broad SMARTS) is 1. The van der Waals surface area contributed by atoms with E-state index >= 15 is 0 Å². The van der Waals surface area contributed by atoms with Gasteiger partial charge in [-0.05, 0) is 48.6 Å². The highest BCUT2D eigenvalue weighted by Gasteiger charge is 2.14. The molecule has 0 spiro atoms. The maximum absolute atomic E-state index is 12.6. The third kappa shape index (κ3) is 7.54. The van der Waals surface area contributed by atoms with Crippen molar-refractivity contribution in [2.24, 2.45) is 0 Å². The van der Waals surface area contributed by atoms with Crippen molar-refractivity contribution in [2.75, 3.05) is 18.0 Å². The van der Waals surface area contributed by atoms with Gasteiger partial charge in [-0.1, -0.05) is 69.0 Å². The van der Waals surface area contributed by atoms with Gasteiger partial charge in [-0.25, -0.2) is 4.79 Å². The molecular formula is C25H34N2O3. The lowest BCUT2D eigenvalue weighted by Gasteiger charge is -2.22. The SMILES string of the molecule is CCCCCCCNC(=O)N(CC)c1cccc(-c2ccc(CCC(=O)O)cc2)c1. The summed E-state index contributed by atoms with van der Waals surface area (Å²) in [7, 11) is 0. The zero-order chi connectivity index (χ0) is 21.8. The summed E-state index contributed by atoms with van der Waals surface area (Å²) in [4.78, 5) is 25.1. The second kappa shape index (κ2) is 12.7. The summed E-state index contributed by atoms with van der Waals surface area (Å²) in [5, 5.41) is 11.9. The highest BCUT2D eigenvalue weighted by molar-refractivity contribution is 5.92. The summed E-state index contributed by atoms with van der Waals surface area (Å²) in [6.07, 6.45) is 6.52. The maximum Gasteiger partial charge on any atom is 0.321 e. The van der Waals surface area contributed by atoms with Gasteiger partial charge >= 0.3 is 12.0 Å². The molecule has 0 aliphatic carbocycles. The molecule has 0 unspecified atom stereocenters. The molecule has 162 valence electrons. The Kier molecular flexibility index (Phi) is 9.92. The molecule has 5 heteroatoms. The van der Waals surface area contributed by atoms with Gasteiger partial charge in [0.25, 0.3) is 0 Å². The number of anilines is 1. The van der Waals surface area contributed by atoms with E-state index in [0.717, 1.165) is 35.2 Å². The Morgan fingerprint density at radius 1 is 0.933 bits per heavy atom. The number of hydrogen-bond acceptors (Lipinski definition) is 2. The summed E-state index contributed by atoms with van der Waals surface area (Å²) in [5.74, 6) is -0.786. The number of nitrogens with one attached hydrogen (secondary N) is 1. The minimum Gasteiger partial charge on any atom is -0.481 e. The largest absolute Gasteiger partial charge is 0.481 e. The first-order valence-electron chi connectivity index (χ1n) is 11.0. The van der Waals surface area contributed by atoms with Crippen LogP contribution in [0.3, 0.4) is 0 Å². The average Bonchev–Trinajstić information content (AvgIpc) is 2.76. The van der Waals surface area contributed by atoms with Crippen molar-refractivity contribution >= 4 is 17.7 Å². The second-order valence-electron chi connectivity index (χ2n) is 7.53. The van der Waals surface area contributed by atoms with Gasteiger partial charge in [0, 0.05) is 25.2 Å². The zero-order valence-corrected chi connectivity index (χ0v) is 18.2. The number of nitrogens with zero attached hydrogens (tertiary/aromatic N) is 1. The molecule has 0 aliphatic heterocycles. The molecule has 2 aromatic carbocycles. The molecule has 0 aliphatic rings. The summed E-state index contributed by atoms with van der Waals surface area (Å²) in [6, 6.07) is 15.8. The van der Waals surface area contributed by atoms with Crippen LogP contribution in [0.5, 0.6) is 0 Å². The molecule has 0 atom stereocenters. The summed E-state index contributed by atoms with van der Waals surface area (Å²) in [6.45, 7) is 5.48. The van der Waals surface area contributed by atoms with Gasteiger partial charge in [0.2, 0.25) is 0 Å². The maximum atomic E-state index is 12.6. The van der Waals surface area contributed by atoms with Crippen molar-refractivity contribution in [3.8, 4) is 11.1 Å². The monoisotopic (exact) mass is 410 g/mol. The van der Waals surface area contributed by atoms with Crippen LogP contribution in [0.15, 0.2) is 48.5 Å². The number of carboxylic acids is 1. The van der Waals surface area contributed by atoms with Crippen molar-refractivity contribution in [3.63, 3.8) is 0 Å². The van der Waals surface area contributed by atoms with Crippen LogP contribution in [0.2, 0.25) is 0 Å². The lowest BCUT2D eigenvalue weighted by atomic mass is 10.0. The van der Waals surface area contributed by atoms with Crippen molar-refractivity contribution in [2.45, 2.75) is 58.8 Å². The van der Waals surface area contributed by atoms with Crippen LogP contribution in [0.1, 0.15) is 57.9 Å². The lowest BCUT2D eigenvalue weighted by Crippen LogP contribution is -2.40. The number of carbonyl (C=O) groups excluding carboxylic acids is 1. The minimum atomic E-state index is -0.786. The van der Waals surface area contributed by atoms with E-state index in [4.69, 9.17) is 5.11 Å². The highest BCUT2D eigenvalue weighted by atomic mass is 16.4. The normalized spacial score (nSPS) is 10.6. The number of aliphatic carboxylic acids is 1. The second-order valence-corrected chi connectivity index (χ2v) is 7.53. The molecule has 30 heavy (non-hydrogen) atoms. The molecule has 0 saturated carbocycles. The van der Waals surface area contributed by atoms with E-state index < -0.39 is 5.97 Å². The molecule has 0 radical (unpaired) electrons. The molecular weight excluding hydrogens is 376 g/mol. The quantitative estimate of drug-likeness (QED) is 0.430. The topological polar surface area (TPSA) is 69.6 Å².